The van der Waals surface area contributed by atoms with E-state index < -0.39 is 0 Å². The number of anilines is 1. The van der Waals surface area contributed by atoms with Crippen molar-refractivity contribution in [3.63, 3.8) is 0 Å². The summed E-state index contributed by atoms with van der Waals surface area (Å²) in [6, 6.07) is 7.60. The second-order valence-corrected chi connectivity index (χ2v) is 6.30. The predicted molar refractivity (Wildman–Crippen MR) is 94.2 cm³/mol. The minimum absolute atomic E-state index is 0.0557. The number of hydrogen-bond acceptors (Lipinski definition) is 5. The molecule has 0 spiro atoms. The number of likely N-dealkylation sites (N-methyl/N-ethyl adjacent to an activating group) is 1. The largest absolute Gasteiger partial charge is 0.365 e. The summed E-state index contributed by atoms with van der Waals surface area (Å²) in [5.41, 5.74) is 1.48. The fourth-order valence-corrected chi connectivity index (χ4v) is 2.62. The fourth-order valence-electron chi connectivity index (χ4n) is 2.50. The van der Waals surface area contributed by atoms with Gasteiger partial charge in [-0.3, -0.25) is 4.79 Å². The van der Waals surface area contributed by atoms with Gasteiger partial charge in [-0.15, -0.1) is 0 Å². The van der Waals surface area contributed by atoms with Crippen LogP contribution in [0.25, 0.3) is 0 Å². The van der Waals surface area contributed by atoms with Crippen molar-refractivity contribution < 1.29 is 4.79 Å². The van der Waals surface area contributed by atoms with Crippen molar-refractivity contribution in [1.29, 1.82) is 0 Å². The number of halogens is 1. The number of nitrogens with zero attached hydrogens (tertiary/aromatic N) is 4. The lowest BCUT2D eigenvalue weighted by Gasteiger charge is -2.32. The van der Waals surface area contributed by atoms with Crippen molar-refractivity contribution in [3.8, 4) is 0 Å². The summed E-state index contributed by atoms with van der Waals surface area (Å²) in [7, 11) is 2.06. The molecule has 3 rings (SSSR count). The zero-order valence-electron chi connectivity index (χ0n) is 13.6. The van der Waals surface area contributed by atoms with Crippen molar-refractivity contribution in [2.24, 2.45) is 0 Å². The Hall–Kier alpha value is -2.18. The van der Waals surface area contributed by atoms with Crippen LogP contribution in [0, 0.1) is 0 Å². The normalized spacial score (nSPS) is 15.3. The zero-order valence-corrected chi connectivity index (χ0v) is 14.3. The Morgan fingerprint density at radius 2 is 1.83 bits per heavy atom. The number of aromatic nitrogens is 2. The van der Waals surface area contributed by atoms with Crippen LogP contribution in [-0.4, -0.2) is 58.9 Å². The summed E-state index contributed by atoms with van der Waals surface area (Å²) in [6.07, 6.45) is 3.13. The smallest absolute Gasteiger partial charge is 0.274 e. The monoisotopic (exact) mass is 345 g/mol. The maximum Gasteiger partial charge on any atom is 0.274 e. The van der Waals surface area contributed by atoms with Crippen LogP contribution in [0.1, 0.15) is 16.1 Å². The van der Waals surface area contributed by atoms with Crippen molar-refractivity contribution in [1.82, 2.24) is 19.8 Å². The van der Waals surface area contributed by atoms with Gasteiger partial charge in [-0.05, 0) is 24.7 Å². The van der Waals surface area contributed by atoms with Crippen LogP contribution < -0.4 is 5.32 Å². The molecule has 24 heavy (non-hydrogen) atoms. The molecule has 2 heterocycles. The second-order valence-electron chi connectivity index (χ2n) is 5.86. The van der Waals surface area contributed by atoms with Gasteiger partial charge < -0.3 is 15.1 Å². The van der Waals surface area contributed by atoms with Crippen molar-refractivity contribution in [2.75, 3.05) is 38.5 Å². The fraction of sp³-hybridized carbons (Fsp3) is 0.353. The quantitative estimate of drug-likeness (QED) is 0.919. The van der Waals surface area contributed by atoms with Crippen molar-refractivity contribution >= 4 is 23.3 Å². The summed E-state index contributed by atoms with van der Waals surface area (Å²) >= 11 is 5.87. The van der Waals surface area contributed by atoms with Crippen molar-refractivity contribution in [2.45, 2.75) is 6.54 Å². The number of hydrogen-bond donors (Lipinski definition) is 1. The number of carbonyl (C=O) groups excluding carboxylic acids is 1. The highest BCUT2D eigenvalue weighted by Crippen LogP contribution is 2.11. The third-order valence-electron chi connectivity index (χ3n) is 4.05. The van der Waals surface area contributed by atoms with E-state index in [1.807, 2.05) is 29.2 Å². The molecule has 126 valence electrons. The van der Waals surface area contributed by atoms with Gasteiger partial charge in [0.05, 0.1) is 12.4 Å². The molecule has 0 radical (unpaired) electrons. The molecular formula is C17H20ClN5O. The van der Waals surface area contributed by atoms with E-state index in [9.17, 15) is 4.79 Å². The molecule has 1 amide bonds. The topological polar surface area (TPSA) is 61.4 Å². The van der Waals surface area contributed by atoms with E-state index in [2.05, 4.69) is 27.2 Å². The molecule has 7 heteroatoms. The number of amides is 1. The van der Waals surface area contributed by atoms with Gasteiger partial charge in [0, 0.05) is 37.7 Å². The summed E-state index contributed by atoms with van der Waals surface area (Å²) < 4.78 is 0. The number of nitrogens with one attached hydrogen (secondary N) is 1. The highest BCUT2D eigenvalue weighted by molar-refractivity contribution is 6.30. The predicted octanol–water partition coefficient (Wildman–Crippen LogP) is 2.13. The Morgan fingerprint density at radius 1 is 1.12 bits per heavy atom. The van der Waals surface area contributed by atoms with Gasteiger partial charge in [0.15, 0.2) is 0 Å². The Kier molecular flexibility index (Phi) is 5.27. The SMILES string of the molecule is CN1CCN(C(=O)c2cnc(NCc3ccc(Cl)cc3)cn2)CC1. The molecule has 0 atom stereocenters. The van der Waals surface area contributed by atoms with Gasteiger partial charge in [-0.25, -0.2) is 9.97 Å². The highest BCUT2D eigenvalue weighted by Gasteiger charge is 2.21. The molecule has 1 N–H and O–H groups in total. The maximum absolute atomic E-state index is 12.4. The third-order valence-corrected chi connectivity index (χ3v) is 4.30. The van der Waals surface area contributed by atoms with E-state index in [0.29, 0.717) is 23.1 Å². The second kappa shape index (κ2) is 7.59. The molecule has 1 aromatic carbocycles. The van der Waals surface area contributed by atoms with Crippen LogP contribution in [0.5, 0.6) is 0 Å². The molecule has 1 aliphatic heterocycles. The Balaban J connectivity index is 1.56. The average Bonchev–Trinajstić information content (AvgIpc) is 2.62. The molecule has 1 saturated heterocycles. The van der Waals surface area contributed by atoms with E-state index in [0.717, 1.165) is 31.7 Å². The molecular weight excluding hydrogens is 326 g/mol. The first-order valence-corrected chi connectivity index (χ1v) is 8.28. The van der Waals surface area contributed by atoms with E-state index in [-0.39, 0.29) is 5.91 Å². The molecule has 6 nitrogen and oxygen atoms in total. The number of rotatable bonds is 4. The lowest BCUT2D eigenvalue weighted by molar-refractivity contribution is 0.0658. The van der Waals surface area contributed by atoms with Gasteiger partial charge in [0.2, 0.25) is 0 Å². The minimum Gasteiger partial charge on any atom is -0.365 e. The Labute approximate surface area is 146 Å². The molecule has 1 aliphatic rings. The van der Waals surface area contributed by atoms with Gasteiger partial charge in [-0.2, -0.15) is 0 Å². The van der Waals surface area contributed by atoms with E-state index in [1.165, 1.54) is 6.20 Å². The van der Waals surface area contributed by atoms with E-state index in [4.69, 9.17) is 11.6 Å². The number of piperazine rings is 1. The summed E-state index contributed by atoms with van der Waals surface area (Å²) in [4.78, 5) is 25.0. The van der Waals surface area contributed by atoms with Crippen LogP contribution in [-0.2, 0) is 6.54 Å². The first-order valence-electron chi connectivity index (χ1n) is 7.90. The number of benzene rings is 1. The zero-order chi connectivity index (χ0) is 16.9. The van der Waals surface area contributed by atoms with Crippen molar-refractivity contribution in [3.05, 3.63) is 52.9 Å². The first-order chi connectivity index (χ1) is 11.6. The molecule has 0 unspecified atom stereocenters. The third kappa shape index (κ3) is 4.21. The van der Waals surface area contributed by atoms with Gasteiger partial charge in [-0.1, -0.05) is 23.7 Å². The van der Waals surface area contributed by atoms with E-state index in [1.54, 1.807) is 6.20 Å². The van der Waals surface area contributed by atoms with Gasteiger partial charge >= 0.3 is 0 Å². The molecule has 1 aromatic heterocycles. The van der Waals surface area contributed by atoms with Crippen LogP contribution in [0.3, 0.4) is 0 Å². The standard InChI is InChI=1S/C17H20ClN5O/c1-22-6-8-23(9-7-22)17(24)15-11-21-16(12-19-15)20-10-13-2-4-14(18)5-3-13/h2-5,11-12H,6-10H2,1H3,(H,20,21). The summed E-state index contributed by atoms with van der Waals surface area (Å²) in [5.74, 6) is 0.583. The number of carbonyl (C=O) groups is 1. The molecule has 2 aromatic rings. The average molecular weight is 346 g/mol. The molecule has 0 aliphatic carbocycles. The Bertz CT molecular complexity index is 681. The highest BCUT2D eigenvalue weighted by atomic mass is 35.5. The first kappa shape index (κ1) is 16.7. The Morgan fingerprint density at radius 3 is 2.46 bits per heavy atom. The van der Waals surface area contributed by atoms with Gasteiger partial charge in [0.25, 0.3) is 5.91 Å². The lowest BCUT2D eigenvalue weighted by atomic mass is 10.2. The van der Waals surface area contributed by atoms with Crippen LogP contribution in [0.15, 0.2) is 36.7 Å². The van der Waals surface area contributed by atoms with E-state index >= 15 is 0 Å². The molecule has 0 saturated carbocycles. The summed E-state index contributed by atoms with van der Waals surface area (Å²) in [5, 5.41) is 3.90. The molecule has 0 bridgehead atoms. The van der Waals surface area contributed by atoms with Crippen LogP contribution in [0.2, 0.25) is 5.02 Å². The summed E-state index contributed by atoms with van der Waals surface area (Å²) in [6.45, 7) is 3.86. The van der Waals surface area contributed by atoms with Crippen LogP contribution in [0.4, 0.5) is 5.82 Å². The molecule has 1 fully saturated rings. The van der Waals surface area contributed by atoms with Gasteiger partial charge in [0.1, 0.15) is 11.5 Å². The maximum atomic E-state index is 12.4. The lowest BCUT2D eigenvalue weighted by Crippen LogP contribution is -2.47. The minimum atomic E-state index is -0.0557. The van der Waals surface area contributed by atoms with Crippen LogP contribution >= 0.6 is 11.6 Å².